The van der Waals surface area contributed by atoms with Gasteiger partial charge in [0.2, 0.25) is 11.8 Å². The van der Waals surface area contributed by atoms with Gasteiger partial charge >= 0.3 is 5.97 Å². The van der Waals surface area contributed by atoms with Crippen molar-refractivity contribution in [2.24, 2.45) is 11.8 Å². The van der Waals surface area contributed by atoms with Crippen molar-refractivity contribution in [2.75, 3.05) is 19.0 Å². The Morgan fingerprint density at radius 2 is 1.73 bits per heavy atom. The van der Waals surface area contributed by atoms with E-state index in [0.29, 0.717) is 36.4 Å². The molecule has 2 aliphatic rings. The summed E-state index contributed by atoms with van der Waals surface area (Å²) in [6.07, 6.45) is 1.70. The molecule has 11 heteroatoms. The molecule has 0 unspecified atom stereocenters. The van der Waals surface area contributed by atoms with Crippen LogP contribution < -0.4 is 15.2 Å². The molecule has 41 heavy (non-hydrogen) atoms. The number of nitrogens with one attached hydrogen (secondary N) is 1. The second-order valence-corrected chi connectivity index (χ2v) is 18.0. The molecule has 2 amide bonds. The van der Waals surface area contributed by atoms with E-state index in [4.69, 9.17) is 9.47 Å². The molecule has 222 valence electrons. The van der Waals surface area contributed by atoms with Crippen LogP contribution in [0, 0.1) is 23.5 Å². The van der Waals surface area contributed by atoms with Gasteiger partial charge in [0.1, 0.15) is 23.3 Å². The van der Waals surface area contributed by atoms with Crippen LogP contribution in [0.1, 0.15) is 57.3 Å². The first-order chi connectivity index (χ1) is 19.1. The predicted octanol–water partition coefficient (Wildman–Crippen LogP) is 4.74. The summed E-state index contributed by atoms with van der Waals surface area (Å²) >= 11 is 0. The maximum atomic E-state index is 14.9. The number of hydrogen-bond donors (Lipinski definition) is 1. The van der Waals surface area contributed by atoms with Crippen molar-refractivity contribution in [3.63, 3.8) is 0 Å². The standard InChI is InChI=1S/C30H39F2N3O5Si/c1-30(2,3)40-25(36)14-17-12-18(13-17)29(38)35-11-10-23-20(8-9-24(34-23)39-4)26(35)28(37)33-19-15-21(31)27(22(32)16-19)41(5,6)7/h8-9,15-18,26H,10-14H2,1-7H3,(H,33,37)/t17-,18-,26-/m1/s1. The Balaban J connectivity index is 1.55. The van der Waals surface area contributed by atoms with Crippen LogP contribution in [0.15, 0.2) is 24.3 Å². The molecule has 2 heterocycles. The first-order valence-corrected chi connectivity index (χ1v) is 17.4. The van der Waals surface area contributed by atoms with Crippen LogP contribution in [0.2, 0.25) is 19.6 Å². The van der Waals surface area contributed by atoms with Crippen molar-refractivity contribution >= 4 is 36.7 Å². The van der Waals surface area contributed by atoms with E-state index < -0.39 is 37.3 Å². The van der Waals surface area contributed by atoms with E-state index >= 15 is 0 Å². The maximum absolute atomic E-state index is 14.9. The van der Waals surface area contributed by atoms with E-state index in [0.717, 1.165) is 12.1 Å². The normalized spacial score (nSPS) is 20.5. The van der Waals surface area contributed by atoms with Crippen molar-refractivity contribution in [1.82, 2.24) is 9.88 Å². The van der Waals surface area contributed by atoms with Crippen molar-refractivity contribution in [2.45, 2.75) is 77.7 Å². The van der Waals surface area contributed by atoms with Gasteiger partial charge in [-0.1, -0.05) is 19.6 Å². The van der Waals surface area contributed by atoms with Gasteiger partial charge in [-0.2, -0.15) is 0 Å². The minimum atomic E-state index is -2.30. The summed E-state index contributed by atoms with van der Waals surface area (Å²) in [5.41, 5.74) is 0.563. The molecule has 1 N–H and O–H groups in total. The summed E-state index contributed by atoms with van der Waals surface area (Å²) in [5, 5.41) is 2.71. The van der Waals surface area contributed by atoms with Crippen LogP contribution in [0.3, 0.4) is 0 Å². The minimum absolute atomic E-state index is 0.0194. The average Bonchev–Trinajstić information content (AvgIpc) is 2.81. The van der Waals surface area contributed by atoms with Crippen LogP contribution in [0.4, 0.5) is 14.5 Å². The molecule has 1 fully saturated rings. The molecule has 1 saturated carbocycles. The quantitative estimate of drug-likeness (QED) is 0.372. The van der Waals surface area contributed by atoms with Gasteiger partial charge in [0.25, 0.3) is 5.91 Å². The van der Waals surface area contributed by atoms with Gasteiger partial charge < -0.3 is 19.7 Å². The van der Waals surface area contributed by atoms with Gasteiger partial charge in [-0.15, -0.1) is 0 Å². The molecule has 1 aliphatic heterocycles. The molecular formula is C30H39F2N3O5Si. The van der Waals surface area contributed by atoms with E-state index in [1.54, 1.807) is 12.1 Å². The highest BCUT2D eigenvalue weighted by molar-refractivity contribution is 6.88. The number of carbonyl (C=O) groups is 3. The fraction of sp³-hybridized carbons (Fsp3) is 0.533. The number of carbonyl (C=O) groups excluding carboxylic acids is 3. The number of fused-ring (bicyclic) bond motifs is 1. The summed E-state index contributed by atoms with van der Waals surface area (Å²) in [6, 6.07) is 4.53. The fourth-order valence-electron chi connectivity index (χ4n) is 5.63. The fourth-order valence-corrected chi connectivity index (χ4v) is 7.21. The molecule has 1 aliphatic carbocycles. The lowest BCUT2D eigenvalue weighted by atomic mass is 9.72. The van der Waals surface area contributed by atoms with Gasteiger partial charge in [0.15, 0.2) is 0 Å². The van der Waals surface area contributed by atoms with Crippen LogP contribution in [-0.4, -0.2) is 55.0 Å². The van der Waals surface area contributed by atoms with Gasteiger partial charge in [0.05, 0.1) is 20.9 Å². The third-order valence-corrected chi connectivity index (χ3v) is 9.42. The summed E-state index contributed by atoms with van der Waals surface area (Å²) in [5.74, 6) is -2.40. The lowest BCUT2D eigenvalue weighted by Crippen LogP contribution is -2.50. The third kappa shape index (κ3) is 6.94. The lowest BCUT2D eigenvalue weighted by Gasteiger charge is -2.42. The van der Waals surface area contributed by atoms with E-state index in [1.165, 1.54) is 12.0 Å². The molecule has 1 aromatic carbocycles. The van der Waals surface area contributed by atoms with Gasteiger partial charge in [-0.3, -0.25) is 14.4 Å². The van der Waals surface area contributed by atoms with Crippen molar-refractivity contribution in [1.29, 1.82) is 0 Å². The lowest BCUT2D eigenvalue weighted by molar-refractivity contribution is -0.159. The number of halogens is 2. The van der Waals surface area contributed by atoms with Crippen molar-refractivity contribution in [3.05, 3.63) is 47.2 Å². The smallest absolute Gasteiger partial charge is 0.306 e. The minimum Gasteiger partial charge on any atom is -0.481 e. The summed E-state index contributed by atoms with van der Waals surface area (Å²) in [7, 11) is -0.808. The molecule has 0 bridgehead atoms. The highest BCUT2D eigenvalue weighted by Crippen LogP contribution is 2.41. The monoisotopic (exact) mass is 587 g/mol. The maximum Gasteiger partial charge on any atom is 0.306 e. The Kier molecular flexibility index (Phi) is 8.59. The Morgan fingerprint density at radius 3 is 2.29 bits per heavy atom. The molecule has 8 nitrogen and oxygen atoms in total. The van der Waals surface area contributed by atoms with Crippen molar-refractivity contribution < 1.29 is 32.6 Å². The van der Waals surface area contributed by atoms with E-state index in [1.807, 2.05) is 40.4 Å². The zero-order valence-corrected chi connectivity index (χ0v) is 25.8. The molecule has 1 aromatic heterocycles. The second kappa shape index (κ2) is 11.5. The van der Waals surface area contributed by atoms with E-state index in [2.05, 4.69) is 10.3 Å². The highest BCUT2D eigenvalue weighted by atomic mass is 28.3. The first-order valence-electron chi connectivity index (χ1n) is 13.9. The molecule has 4 rings (SSSR count). The number of amides is 2. The topological polar surface area (TPSA) is 97.8 Å². The number of pyridine rings is 1. The molecule has 2 aromatic rings. The number of hydrogen-bond acceptors (Lipinski definition) is 6. The second-order valence-electron chi connectivity index (χ2n) is 13.0. The Morgan fingerprint density at radius 1 is 1.10 bits per heavy atom. The predicted molar refractivity (Wildman–Crippen MR) is 154 cm³/mol. The molecular weight excluding hydrogens is 548 g/mol. The molecule has 0 spiro atoms. The zero-order valence-electron chi connectivity index (χ0n) is 24.8. The van der Waals surface area contributed by atoms with E-state index in [9.17, 15) is 23.2 Å². The van der Waals surface area contributed by atoms with Gasteiger partial charge in [-0.05, 0) is 57.7 Å². The number of benzene rings is 1. The number of anilines is 1. The van der Waals surface area contributed by atoms with Gasteiger partial charge in [0, 0.05) is 47.8 Å². The molecule has 0 saturated heterocycles. The number of rotatable bonds is 7. The molecule has 1 atom stereocenters. The third-order valence-electron chi connectivity index (χ3n) is 7.44. The number of esters is 1. The van der Waals surface area contributed by atoms with Crippen LogP contribution in [-0.2, 0) is 25.5 Å². The van der Waals surface area contributed by atoms with E-state index in [-0.39, 0.29) is 47.6 Å². The zero-order chi connectivity index (χ0) is 30.3. The highest BCUT2D eigenvalue weighted by Gasteiger charge is 2.44. The number of methoxy groups -OCH3 is 1. The average molecular weight is 588 g/mol. The summed E-state index contributed by atoms with van der Waals surface area (Å²) < 4.78 is 40.5. The summed E-state index contributed by atoms with van der Waals surface area (Å²) in [4.78, 5) is 45.6. The van der Waals surface area contributed by atoms with Crippen LogP contribution in [0.5, 0.6) is 5.88 Å². The van der Waals surface area contributed by atoms with Crippen molar-refractivity contribution in [3.8, 4) is 5.88 Å². The Bertz CT molecular complexity index is 1330. The Labute approximate surface area is 240 Å². The number of aromatic nitrogens is 1. The number of ether oxygens (including phenoxy) is 2. The SMILES string of the molecule is COc1ccc2c(n1)CCN(C(=O)[C@H]1C[C@H](CC(=O)OC(C)(C)C)C1)[C@H]2C(=O)Nc1cc(F)c([Si](C)(C)C)c(F)c1. The summed E-state index contributed by atoms with van der Waals surface area (Å²) in [6.45, 7) is 11.2. The first kappa shape index (κ1) is 30.6. The Hall–Kier alpha value is -3.34. The largest absolute Gasteiger partial charge is 0.481 e. The van der Waals surface area contributed by atoms with Crippen LogP contribution in [0.25, 0.3) is 0 Å². The van der Waals surface area contributed by atoms with Gasteiger partial charge in [-0.25, -0.2) is 13.8 Å². The molecule has 0 radical (unpaired) electrons. The van der Waals surface area contributed by atoms with Crippen LogP contribution >= 0.6 is 0 Å². The number of nitrogens with zero attached hydrogens (tertiary/aromatic N) is 2.